The van der Waals surface area contributed by atoms with Crippen molar-refractivity contribution in [3.63, 3.8) is 0 Å². The zero-order valence-electron chi connectivity index (χ0n) is 23.2. The number of nitrogens with one attached hydrogen (secondary N) is 1. The molecule has 0 aliphatic heterocycles. The van der Waals surface area contributed by atoms with Crippen molar-refractivity contribution in [1.29, 1.82) is 0 Å². The van der Waals surface area contributed by atoms with E-state index in [0.29, 0.717) is 36.5 Å². The van der Waals surface area contributed by atoms with E-state index in [4.69, 9.17) is 4.98 Å². The van der Waals surface area contributed by atoms with Crippen molar-refractivity contribution < 1.29 is 0 Å². The first kappa shape index (κ1) is 26.1. The van der Waals surface area contributed by atoms with Crippen molar-refractivity contribution in [1.82, 2.24) is 39.3 Å². The number of tetrazole rings is 1. The van der Waals surface area contributed by atoms with Crippen LogP contribution in [-0.2, 0) is 26.6 Å². The first-order valence-electron chi connectivity index (χ1n) is 13.6. The minimum Gasteiger partial charge on any atom is -0.317 e. The molecule has 0 fully saturated rings. The van der Waals surface area contributed by atoms with Crippen LogP contribution in [0.25, 0.3) is 33.7 Å². The van der Waals surface area contributed by atoms with E-state index in [9.17, 15) is 9.59 Å². The standard InChI is InChI=1S/C31H30N8O2/c1-20(2)28-32-29-26(30(40)38(31(41)37(29)3)18-17-21-9-5-4-6-10-21)39(28)19-22-13-15-23(16-14-22)24-11-7-8-12-25(24)27-33-35-36-34-27/h4-16,20H,17-19H2,1-3H3,(H,33,34,35,36). The average molecular weight is 547 g/mol. The molecule has 0 aliphatic rings. The van der Waals surface area contributed by atoms with Gasteiger partial charge in [0.05, 0.1) is 0 Å². The number of aryl methyl sites for hydroxylation is 2. The number of aromatic nitrogens is 8. The second kappa shape index (κ2) is 10.8. The van der Waals surface area contributed by atoms with E-state index in [-0.39, 0.29) is 17.2 Å². The molecule has 41 heavy (non-hydrogen) atoms. The van der Waals surface area contributed by atoms with Crippen LogP contribution in [0.1, 0.15) is 36.7 Å². The van der Waals surface area contributed by atoms with Gasteiger partial charge in [-0.2, -0.15) is 5.21 Å². The van der Waals surface area contributed by atoms with Gasteiger partial charge in [-0.05, 0) is 33.9 Å². The van der Waals surface area contributed by atoms with E-state index >= 15 is 0 Å². The second-order valence-electron chi connectivity index (χ2n) is 10.4. The van der Waals surface area contributed by atoms with Gasteiger partial charge in [-0.3, -0.25) is 13.9 Å². The van der Waals surface area contributed by atoms with Crippen LogP contribution in [0.3, 0.4) is 0 Å². The Morgan fingerprint density at radius 1 is 0.829 bits per heavy atom. The predicted molar refractivity (Wildman–Crippen MR) is 158 cm³/mol. The van der Waals surface area contributed by atoms with Gasteiger partial charge in [0.1, 0.15) is 5.82 Å². The summed E-state index contributed by atoms with van der Waals surface area (Å²) >= 11 is 0. The molecule has 0 aliphatic carbocycles. The smallest absolute Gasteiger partial charge is 0.317 e. The molecule has 6 rings (SSSR count). The van der Waals surface area contributed by atoms with Crippen LogP contribution < -0.4 is 11.2 Å². The maximum absolute atomic E-state index is 13.8. The summed E-state index contributed by atoms with van der Waals surface area (Å²) in [7, 11) is 1.68. The van der Waals surface area contributed by atoms with Crippen molar-refractivity contribution in [3.8, 4) is 22.5 Å². The molecule has 0 bridgehead atoms. The Hall–Kier alpha value is -5.12. The molecule has 6 aromatic rings. The monoisotopic (exact) mass is 546 g/mol. The number of aromatic amines is 1. The lowest BCUT2D eigenvalue weighted by Gasteiger charge is -2.13. The Balaban J connectivity index is 1.39. The Morgan fingerprint density at radius 2 is 1.54 bits per heavy atom. The van der Waals surface area contributed by atoms with E-state index in [1.807, 2.05) is 85.1 Å². The highest BCUT2D eigenvalue weighted by Crippen LogP contribution is 2.30. The zero-order valence-corrected chi connectivity index (χ0v) is 23.2. The minimum atomic E-state index is -0.358. The van der Waals surface area contributed by atoms with E-state index in [1.54, 1.807) is 7.05 Å². The SMILES string of the molecule is CC(C)c1nc2c(c(=O)n(CCc3ccccc3)c(=O)n2C)n1Cc1ccc(-c2ccccc2-c2nn[nH]n2)cc1. The largest absolute Gasteiger partial charge is 0.332 e. The fourth-order valence-corrected chi connectivity index (χ4v) is 5.25. The van der Waals surface area contributed by atoms with Crippen LogP contribution in [0.15, 0.2) is 88.5 Å². The van der Waals surface area contributed by atoms with Gasteiger partial charge in [0.15, 0.2) is 11.2 Å². The number of hydrogen-bond donors (Lipinski definition) is 1. The first-order valence-corrected chi connectivity index (χ1v) is 13.6. The number of H-pyrrole nitrogens is 1. The number of imidazole rings is 1. The van der Waals surface area contributed by atoms with Crippen molar-refractivity contribution in [2.45, 2.75) is 39.3 Å². The van der Waals surface area contributed by atoms with E-state index in [2.05, 4.69) is 32.8 Å². The van der Waals surface area contributed by atoms with Crippen LogP contribution in [0.5, 0.6) is 0 Å². The molecule has 1 N–H and O–H groups in total. The molecule has 206 valence electrons. The lowest BCUT2D eigenvalue weighted by molar-refractivity contribution is 0.599. The number of benzene rings is 3. The highest BCUT2D eigenvalue weighted by molar-refractivity contribution is 5.80. The number of nitrogens with zero attached hydrogens (tertiary/aromatic N) is 7. The van der Waals surface area contributed by atoms with E-state index in [0.717, 1.165) is 33.6 Å². The Bertz CT molecular complexity index is 1930. The summed E-state index contributed by atoms with van der Waals surface area (Å²) in [5.74, 6) is 1.35. The molecule has 0 saturated carbocycles. The van der Waals surface area contributed by atoms with Gasteiger partial charge in [-0.1, -0.05) is 92.7 Å². The third-order valence-electron chi connectivity index (χ3n) is 7.36. The number of rotatable bonds is 8. The van der Waals surface area contributed by atoms with Crippen LogP contribution in [-0.4, -0.2) is 39.3 Å². The molecular formula is C31H30N8O2. The molecule has 0 unspecified atom stereocenters. The lowest BCUT2D eigenvalue weighted by Crippen LogP contribution is -2.40. The summed E-state index contributed by atoms with van der Waals surface area (Å²) in [4.78, 5) is 31.8. The summed E-state index contributed by atoms with van der Waals surface area (Å²) in [5, 5.41) is 14.5. The molecule has 3 aromatic heterocycles. The van der Waals surface area contributed by atoms with Crippen molar-refractivity contribution >= 4 is 11.2 Å². The van der Waals surface area contributed by atoms with Gasteiger partial charge in [-0.25, -0.2) is 9.78 Å². The van der Waals surface area contributed by atoms with Gasteiger partial charge in [0.25, 0.3) is 5.56 Å². The number of hydrogen-bond acceptors (Lipinski definition) is 6. The van der Waals surface area contributed by atoms with Gasteiger partial charge in [0, 0.05) is 31.6 Å². The Kier molecular flexibility index (Phi) is 6.88. The fourth-order valence-electron chi connectivity index (χ4n) is 5.25. The summed E-state index contributed by atoms with van der Waals surface area (Å²) in [5.41, 5.74) is 5.14. The van der Waals surface area contributed by atoms with Gasteiger partial charge in [-0.15, -0.1) is 10.2 Å². The quantitative estimate of drug-likeness (QED) is 0.307. The highest BCUT2D eigenvalue weighted by atomic mass is 16.2. The van der Waals surface area contributed by atoms with Crippen LogP contribution in [0, 0.1) is 0 Å². The highest BCUT2D eigenvalue weighted by Gasteiger charge is 2.22. The maximum atomic E-state index is 13.8. The van der Waals surface area contributed by atoms with E-state index < -0.39 is 0 Å². The minimum absolute atomic E-state index is 0.0516. The third-order valence-corrected chi connectivity index (χ3v) is 7.36. The molecule has 0 atom stereocenters. The molecule has 0 amide bonds. The molecule has 3 aromatic carbocycles. The normalized spacial score (nSPS) is 11.5. The summed E-state index contributed by atoms with van der Waals surface area (Å²) in [6.45, 7) is 4.83. The lowest BCUT2D eigenvalue weighted by atomic mass is 9.98. The molecule has 10 nitrogen and oxygen atoms in total. The van der Waals surface area contributed by atoms with Gasteiger partial charge in [0.2, 0.25) is 5.82 Å². The fraction of sp³-hybridized carbons (Fsp3) is 0.226. The topological polar surface area (TPSA) is 116 Å². The van der Waals surface area contributed by atoms with Crippen molar-refractivity contribution in [3.05, 3.63) is 117 Å². The molecule has 0 saturated heterocycles. The third kappa shape index (κ3) is 4.88. The molecule has 0 radical (unpaired) electrons. The van der Waals surface area contributed by atoms with Crippen LogP contribution >= 0.6 is 0 Å². The van der Waals surface area contributed by atoms with Gasteiger partial charge < -0.3 is 4.57 Å². The Morgan fingerprint density at radius 3 is 2.22 bits per heavy atom. The van der Waals surface area contributed by atoms with Crippen molar-refractivity contribution in [2.75, 3.05) is 0 Å². The molecule has 10 heteroatoms. The first-order chi connectivity index (χ1) is 19.9. The summed E-state index contributed by atoms with van der Waals surface area (Å²) < 4.78 is 4.78. The summed E-state index contributed by atoms with van der Waals surface area (Å²) in [6, 6.07) is 26.0. The summed E-state index contributed by atoms with van der Waals surface area (Å²) in [6.07, 6.45) is 0.583. The molecule has 0 spiro atoms. The van der Waals surface area contributed by atoms with Gasteiger partial charge >= 0.3 is 5.69 Å². The van der Waals surface area contributed by atoms with Crippen molar-refractivity contribution in [2.24, 2.45) is 7.05 Å². The van der Waals surface area contributed by atoms with Crippen LogP contribution in [0.4, 0.5) is 0 Å². The van der Waals surface area contributed by atoms with E-state index in [1.165, 1.54) is 9.13 Å². The second-order valence-corrected chi connectivity index (χ2v) is 10.4. The maximum Gasteiger partial charge on any atom is 0.332 e. The zero-order chi connectivity index (χ0) is 28.5. The van der Waals surface area contributed by atoms with Crippen LogP contribution in [0.2, 0.25) is 0 Å². The molecular weight excluding hydrogens is 516 g/mol. The molecule has 3 heterocycles. The average Bonchev–Trinajstić information content (AvgIpc) is 3.66. The number of fused-ring (bicyclic) bond motifs is 1. The predicted octanol–water partition coefficient (Wildman–Crippen LogP) is 4.16. The Labute approximate surface area is 235 Å².